The average Bonchev–Trinajstić information content (AvgIpc) is 2.89. The van der Waals surface area contributed by atoms with E-state index in [0.29, 0.717) is 19.8 Å². The minimum atomic E-state index is -1.20. The van der Waals surface area contributed by atoms with E-state index in [0.717, 1.165) is 13.1 Å². The second-order valence-electron chi connectivity index (χ2n) is 4.72. The Hall–Kier alpha value is -1.93. The van der Waals surface area contributed by atoms with Crippen molar-refractivity contribution in [2.45, 2.75) is 13.0 Å². The maximum absolute atomic E-state index is 12.0. The molecule has 3 N–H and O–H groups in total. The Morgan fingerprint density at radius 3 is 2.90 bits per heavy atom. The molecule has 0 aliphatic carbocycles. The van der Waals surface area contributed by atoms with Crippen LogP contribution in [-0.2, 0) is 4.74 Å². The van der Waals surface area contributed by atoms with Crippen LogP contribution in [0.2, 0.25) is 0 Å². The number of aromatic amines is 1. The van der Waals surface area contributed by atoms with E-state index in [9.17, 15) is 9.59 Å². The minimum absolute atomic E-state index is 0.0914. The Morgan fingerprint density at radius 2 is 2.25 bits per heavy atom. The van der Waals surface area contributed by atoms with Crippen LogP contribution in [0.15, 0.2) is 6.33 Å². The first-order valence-corrected chi connectivity index (χ1v) is 6.45. The van der Waals surface area contributed by atoms with Gasteiger partial charge in [0.2, 0.25) is 0 Å². The van der Waals surface area contributed by atoms with Crippen LogP contribution < -0.4 is 5.32 Å². The third-order valence-corrected chi connectivity index (χ3v) is 3.08. The lowest BCUT2D eigenvalue weighted by Gasteiger charge is -2.29. The van der Waals surface area contributed by atoms with Gasteiger partial charge in [-0.15, -0.1) is 0 Å². The number of hydrogen-bond donors (Lipinski definition) is 3. The van der Waals surface area contributed by atoms with Crippen LogP contribution in [0.25, 0.3) is 0 Å². The first kappa shape index (κ1) is 14.5. The Kier molecular flexibility index (Phi) is 4.70. The fraction of sp³-hybridized carbons (Fsp3) is 0.583. The van der Waals surface area contributed by atoms with E-state index in [1.54, 1.807) is 0 Å². The molecule has 1 saturated heterocycles. The number of H-pyrrole nitrogens is 1. The van der Waals surface area contributed by atoms with Crippen LogP contribution in [-0.4, -0.2) is 70.7 Å². The standard InChI is InChI=1S/C12H18N4O4/c1-8(6-16-2-4-20-5-3-16)15-11(17)9-10(12(18)19)14-7-13-9/h7-8H,2-6H2,1H3,(H,13,14)(H,15,17)(H,18,19). The summed E-state index contributed by atoms with van der Waals surface area (Å²) in [5.41, 5.74) is -0.285. The van der Waals surface area contributed by atoms with Crippen molar-refractivity contribution < 1.29 is 19.4 Å². The van der Waals surface area contributed by atoms with Crippen molar-refractivity contribution in [1.82, 2.24) is 20.2 Å². The number of carbonyl (C=O) groups excluding carboxylic acids is 1. The predicted octanol–water partition coefficient (Wildman–Crippen LogP) is -0.442. The largest absolute Gasteiger partial charge is 0.477 e. The van der Waals surface area contributed by atoms with Crippen molar-refractivity contribution in [1.29, 1.82) is 0 Å². The molecule has 0 spiro atoms. The van der Waals surface area contributed by atoms with E-state index in [1.807, 2.05) is 6.92 Å². The summed E-state index contributed by atoms with van der Waals surface area (Å²) in [6, 6.07) is -0.0982. The molecule has 1 fully saturated rings. The maximum atomic E-state index is 12.0. The van der Waals surface area contributed by atoms with Crippen molar-refractivity contribution in [3.05, 3.63) is 17.7 Å². The molecule has 1 aliphatic heterocycles. The summed E-state index contributed by atoms with van der Waals surface area (Å²) in [6.07, 6.45) is 1.20. The third-order valence-electron chi connectivity index (χ3n) is 3.08. The SMILES string of the molecule is CC(CN1CCOCC1)NC(=O)c1nc[nH]c1C(=O)O. The highest BCUT2D eigenvalue weighted by Gasteiger charge is 2.22. The summed E-state index contributed by atoms with van der Waals surface area (Å²) in [5, 5.41) is 11.7. The van der Waals surface area contributed by atoms with Crippen LogP contribution in [0.4, 0.5) is 0 Å². The topological polar surface area (TPSA) is 108 Å². The molecular formula is C12H18N4O4. The molecule has 0 aromatic carbocycles. The van der Waals surface area contributed by atoms with Crippen LogP contribution in [0.1, 0.15) is 27.9 Å². The van der Waals surface area contributed by atoms with Crippen molar-refractivity contribution in [2.24, 2.45) is 0 Å². The third kappa shape index (κ3) is 3.55. The highest BCUT2D eigenvalue weighted by atomic mass is 16.5. The lowest BCUT2D eigenvalue weighted by molar-refractivity contribution is 0.0342. The molecule has 0 bridgehead atoms. The van der Waals surface area contributed by atoms with Crippen molar-refractivity contribution in [2.75, 3.05) is 32.8 Å². The van der Waals surface area contributed by atoms with E-state index < -0.39 is 11.9 Å². The molecule has 2 heterocycles. The Balaban J connectivity index is 1.89. The molecule has 8 nitrogen and oxygen atoms in total. The zero-order valence-electron chi connectivity index (χ0n) is 11.3. The van der Waals surface area contributed by atoms with Gasteiger partial charge in [-0.3, -0.25) is 9.69 Å². The summed E-state index contributed by atoms with van der Waals surface area (Å²) < 4.78 is 5.25. The number of amides is 1. The number of rotatable bonds is 5. The number of aromatic nitrogens is 2. The normalized spacial score (nSPS) is 17.6. The molecule has 110 valence electrons. The molecule has 1 aromatic heterocycles. The quantitative estimate of drug-likeness (QED) is 0.675. The molecule has 1 aliphatic rings. The van der Waals surface area contributed by atoms with E-state index in [4.69, 9.17) is 9.84 Å². The average molecular weight is 282 g/mol. The Labute approximate surface area is 116 Å². The molecule has 1 aromatic rings. The molecule has 1 amide bonds. The van der Waals surface area contributed by atoms with Gasteiger partial charge in [-0.05, 0) is 6.92 Å². The number of nitrogens with zero attached hydrogens (tertiary/aromatic N) is 2. The molecule has 1 atom stereocenters. The fourth-order valence-corrected chi connectivity index (χ4v) is 2.14. The van der Waals surface area contributed by atoms with E-state index in [2.05, 4.69) is 20.2 Å². The smallest absolute Gasteiger partial charge is 0.354 e. The summed E-state index contributed by atoms with van der Waals surface area (Å²) in [6.45, 7) is 5.64. The first-order chi connectivity index (χ1) is 9.58. The molecular weight excluding hydrogens is 264 g/mol. The predicted molar refractivity (Wildman–Crippen MR) is 69.7 cm³/mol. The zero-order valence-corrected chi connectivity index (χ0v) is 11.3. The maximum Gasteiger partial charge on any atom is 0.354 e. The van der Waals surface area contributed by atoms with Gasteiger partial charge in [0.25, 0.3) is 5.91 Å². The summed E-state index contributed by atoms with van der Waals surface area (Å²) in [5.74, 6) is -1.68. The number of carbonyl (C=O) groups is 2. The first-order valence-electron chi connectivity index (χ1n) is 6.45. The van der Waals surface area contributed by atoms with Crippen LogP contribution >= 0.6 is 0 Å². The van der Waals surface area contributed by atoms with Gasteiger partial charge in [-0.2, -0.15) is 0 Å². The molecule has 1 unspecified atom stereocenters. The second-order valence-corrected chi connectivity index (χ2v) is 4.72. The number of hydrogen-bond acceptors (Lipinski definition) is 5. The number of ether oxygens (including phenoxy) is 1. The number of carboxylic acid groups (broad SMARTS) is 1. The van der Waals surface area contributed by atoms with E-state index in [1.165, 1.54) is 6.33 Å². The van der Waals surface area contributed by atoms with Gasteiger partial charge in [0.15, 0.2) is 11.4 Å². The lowest BCUT2D eigenvalue weighted by atomic mass is 10.2. The zero-order chi connectivity index (χ0) is 14.5. The molecule has 0 saturated carbocycles. The summed E-state index contributed by atoms with van der Waals surface area (Å²) >= 11 is 0. The van der Waals surface area contributed by atoms with Gasteiger partial charge in [0.05, 0.1) is 19.5 Å². The van der Waals surface area contributed by atoms with Crippen LogP contribution in [0, 0.1) is 0 Å². The van der Waals surface area contributed by atoms with Gasteiger partial charge >= 0.3 is 5.97 Å². The number of nitrogens with one attached hydrogen (secondary N) is 2. The molecule has 2 rings (SSSR count). The Morgan fingerprint density at radius 1 is 1.55 bits per heavy atom. The van der Waals surface area contributed by atoms with Crippen LogP contribution in [0.3, 0.4) is 0 Å². The number of carboxylic acids is 1. The summed E-state index contributed by atoms with van der Waals surface area (Å²) in [7, 11) is 0. The lowest BCUT2D eigenvalue weighted by Crippen LogP contribution is -2.46. The monoisotopic (exact) mass is 282 g/mol. The van der Waals surface area contributed by atoms with Crippen LogP contribution in [0.5, 0.6) is 0 Å². The molecule has 0 radical (unpaired) electrons. The van der Waals surface area contributed by atoms with E-state index in [-0.39, 0.29) is 17.4 Å². The van der Waals surface area contributed by atoms with E-state index >= 15 is 0 Å². The van der Waals surface area contributed by atoms with Crippen molar-refractivity contribution in [3.8, 4) is 0 Å². The van der Waals surface area contributed by atoms with Gasteiger partial charge in [-0.25, -0.2) is 9.78 Å². The summed E-state index contributed by atoms with van der Waals surface area (Å²) in [4.78, 5) is 31.3. The molecule has 8 heteroatoms. The number of imidazole rings is 1. The molecule has 20 heavy (non-hydrogen) atoms. The number of morpholine rings is 1. The highest BCUT2D eigenvalue weighted by Crippen LogP contribution is 2.04. The minimum Gasteiger partial charge on any atom is -0.477 e. The van der Waals surface area contributed by atoms with Gasteiger partial charge in [0.1, 0.15) is 0 Å². The number of aromatic carboxylic acids is 1. The van der Waals surface area contributed by atoms with Gasteiger partial charge in [-0.1, -0.05) is 0 Å². The Bertz CT molecular complexity index is 482. The van der Waals surface area contributed by atoms with Crippen molar-refractivity contribution in [3.63, 3.8) is 0 Å². The fourth-order valence-electron chi connectivity index (χ4n) is 2.14. The van der Waals surface area contributed by atoms with Gasteiger partial charge in [0, 0.05) is 25.7 Å². The highest BCUT2D eigenvalue weighted by molar-refractivity contribution is 6.02. The van der Waals surface area contributed by atoms with Gasteiger partial charge < -0.3 is 20.1 Å². The van der Waals surface area contributed by atoms with Crippen molar-refractivity contribution >= 4 is 11.9 Å². The second kappa shape index (κ2) is 6.49.